The molecule has 0 amide bonds. The monoisotopic (exact) mass is 686 g/mol. The number of para-hydroxylation sites is 4. The molecule has 0 saturated carbocycles. The first kappa shape index (κ1) is 29.4. The quantitative estimate of drug-likeness (QED) is 0.172. The van der Waals surface area contributed by atoms with Gasteiger partial charge in [0.05, 0.1) is 0 Å². The molecule has 12 rings (SSSR count). The summed E-state index contributed by atoms with van der Waals surface area (Å²) in [5.74, 6) is 0. The first-order chi connectivity index (χ1) is 26.8. The summed E-state index contributed by atoms with van der Waals surface area (Å²) < 4.78 is 13.3. The van der Waals surface area contributed by atoms with Crippen LogP contribution in [0.5, 0.6) is 0 Å². The fourth-order valence-electron chi connectivity index (χ4n) is 8.97. The highest BCUT2D eigenvalue weighted by molar-refractivity contribution is 6.28. The molecule has 250 valence electrons. The minimum absolute atomic E-state index is 0.891. The van der Waals surface area contributed by atoms with Gasteiger partial charge in [-0.15, -0.1) is 0 Å². The second kappa shape index (κ2) is 11.2. The van der Waals surface area contributed by atoms with Crippen molar-refractivity contribution in [1.82, 2.24) is 0 Å². The molecule has 12 aromatic rings. The highest BCUT2D eigenvalue weighted by Gasteiger charge is 2.20. The Morgan fingerprint density at radius 1 is 0.259 bits per heavy atom. The molecule has 0 atom stereocenters. The summed E-state index contributed by atoms with van der Waals surface area (Å²) in [5, 5.41) is 12.1. The van der Waals surface area contributed by atoms with Crippen LogP contribution >= 0.6 is 0 Å². The molecule has 10 aromatic carbocycles. The minimum atomic E-state index is 0.891. The van der Waals surface area contributed by atoms with Crippen molar-refractivity contribution in [3.8, 4) is 44.5 Å². The predicted molar refractivity (Wildman–Crippen MR) is 226 cm³/mol. The van der Waals surface area contributed by atoms with Crippen molar-refractivity contribution >= 4 is 76.2 Å². The largest absolute Gasteiger partial charge is 0.455 e. The molecule has 0 aliphatic heterocycles. The summed E-state index contributed by atoms with van der Waals surface area (Å²) in [7, 11) is 0. The molecule has 0 aliphatic carbocycles. The molecule has 0 bridgehead atoms. The van der Waals surface area contributed by atoms with Crippen LogP contribution in [0.2, 0.25) is 0 Å². The summed E-state index contributed by atoms with van der Waals surface area (Å²) in [4.78, 5) is 0. The summed E-state index contributed by atoms with van der Waals surface area (Å²) in [6.07, 6.45) is 0. The molecule has 54 heavy (non-hydrogen) atoms. The van der Waals surface area contributed by atoms with Gasteiger partial charge in [-0.2, -0.15) is 0 Å². The van der Waals surface area contributed by atoms with E-state index in [1.54, 1.807) is 0 Å². The maximum atomic E-state index is 6.65. The Bertz CT molecular complexity index is 3290. The van der Waals surface area contributed by atoms with Gasteiger partial charge in [-0.25, -0.2) is 0 Å². The molecule has 2 aromatic heterocycles. The maximum absolute atomic E-state index is 6.65. The van der Waals surface area contributed by atoms with Crippen LogP contribution in [-0.4, -0.2) is 0 Å². The Labute approximate surface area is 310 Å². The number of fused-ring (bicyclic) bond motifs is 6. The van der Waals surface area contributed by atoms with E-state index in [1.807, 2.05) is 12.1 Å². The zero-order valence-corrected chi connectivity index (χ0v) is 29.1. The van der Waals surface area contributed by atoms with Gasteiger partial charge in [0.2, 0.25) is 0 Å². The molecule has 0 unspecified atom stereocenters. The lowest BCUT2D eigenvalue weighted by Gasteiger charge is -2.19. The van der Waals surface area contributed by atoms with Crippen LogP contribution in [0.25, 0.3) is 121 Å². The number of rotatable bonds is 4. The Kier molecular flexibility index (Phi) is 6.09. The van der Waals surface area contributed by atoms with Crippen LogP contribution in [0.1, 0.15) is 0 Å². The van der Waals surface area contributed by atoms with Crippen LogP contribution in [0, 0.1) is 0 Å². The van der Waals surface area contributed by atoms with E-state index in [4.69, 9.17) is 8.83 Å². The number of furan rings is 2. The normalized spacial score (nSPS) is 12.1. The lowest BCUT2D eigenvalue weighted by molar-refractivity contribution is 0.670. The Hall–Kier alpha value is -7.16. The SMILES string of the molecule is c1ccc(-c2cc(-c3cc(-c4cccc5c4oc4ccccc45)cc(-c4cccc5c4oc4ccccc45)c3)c3ccc4cccc5ccc2c3c54)cc1. The zero-order valence-electron chi connectivity index (χ0n) is 29.1. The highest BCUT2D eigenvalue weighted by atomic mass is 16.3. The summed E-state index contributed by atoms with van der Waals surface area (Å²) >= 11 is 0. The first-order valence-electron chi connectivity index (χ1n) is 18.5. The Morgan fingerprint density at radius 2 is 0.722 bits per heavy atom. The smallest absolute Gasteiger partial charge is 0.143 e. The van der Waals surface area contributed by atoms with Gasteiger partial charge in [0.25, 0.3) is 0 Å². The number of hydrogen-bond donors (Lipinski definition) is 0. The van der Waals surface area contributed by atoms with Gasteiger partial charge in [0.1, 0.15) is 22.3 Å². The zero-order chi connectivity index (χ0) is 35.3. The van der Waals surface area contributed by atoms with Crippen molar-refractivity contribution in [2.75, 3.05) is 0 Å². The predicted octanol–water partition coefficient (Wildman–Crippen LogP) is 15.1. The van der Waals surface area contributed by atoms with Gasteiger partial charge in [0.15, 0.2) is 0 Å². The molecular weight excluding hydrogens is 657 g/mol. The molecule has 2 heteroatoms. The molecular formula is C52H30O2. The van der Waals surface area contributed by atoms with Crippen LogP contribution in [-0.2, 0) is 0 Å². The van der Waals surface area contributed by atoms with Crippen LogP contribution in [0.3, 0.4) is 0 Å². The molecule has 2 heterocycles. The molecule has 0 saturated heterocycles. The van der Waals surface area contributed by atoms with E-state index in [0.29, 0.717) is 0 Å². The maximum Gasteiger partial charge on any atom is 0.143 e. The van der Waals surface area contributed by atoms with Crippen LogP contribution in [0.4, 0.5) is 0 Å². The van der Waals surface area contributed by atoms with Crippen molar-refractivity contribution in [2.24, 2.45) is 0 Å². The average Bonchev–Trinajstić information content (AvgIpc) is 3.81. The molecule has 0 radical (unpaired) electrons. The fraction of sp³-hybridized carbons (Fsp3) is 0. The number of benzene rings is 10. The van der Waals surface area contributed by atoms with Crippen molar-refractivity contribution < 1.29 is 8.83 Å². The van der Waals surface area contributed by atoms with Gasteiger partial charge in [-0.3, -0.25) is 0 Å². The van der Waals surface area contributed by atoms with Crippen molar-refractivity contribution in [3.05, 3.63) is 182 Å². The van der Waals surface area contributed by atoms with E-state index < -0.39 is 0 Å². The van der Waals surface area contributed by atoms with E-state index >= 15 is 0 Å². The van der Waals surface area contributed by atoms with Gasteiger partial charge < -0.3 is 8.83 Å². The standard InChI is InChI=1S/C52H30O2/c1-2-11-31(12-3-1)45-30-46(42-26-24-33-14-8-13-32-23-25-41(45)50(42)49(32)33)36-28-34(37-17-9-19-43-39-15-4-6-21-47(39)53-51(37)43)27-35(29-36)38-18-10-20-44-40-16-5-7-22-48(40)54-52(38)44/h1-30H. The third-order valence-electron chi connectivity index (χ3n) is 11.4. The Balaban J connectivity index is 1.21. The second-order valence-corrected chi connectivity index (χ2v) is 14.4. The molecule has 0 N–H and O–H groups in total. The topological polar surface area (TPSA) is 26.3 Å². The molecule has 0 fully saturated rings. The van der Waals surface area contributed by atoms with Crippen LogP contribution in [0.15, 0.2) is 191 Å². The van der Waals surface area contributed by atoms with E-state index in [1.165, 1.54) is 49.0 Å². The second-order valence-electron chi connectivity index (χ2n) is 14.4. The van der Waals surface area contributed by atoms with E-state index in [0.717, 1.165) is 71.7 Å². The third kappa shape index (κ3) is 4.22. The average molecular weight is 687 g/mol. The van der Waals surface area contributed by atoms with E-state index in [9.17, 15) is 0 Å². The minimum Gasteiger partial charge on any atom is -0.455 e. The van der Waals surface area contributed by atoms with Crippen molar-refractivity contribution in [2.45, 2.75) is 0 Å². The fourth-order valence-corrected chi connectivity index (χ4v) is 8.97. The van der Waals surface area contributed by atoms with E-state index in [2.05, 4.69) is 170 Å². The summed E-state index contributed by atoms with van der Waals surface area (Å²) in [6, 6.07) is 65.7. The van der Waals surface area contributed by atoms with Crippen LogP contribution < -0.4 is 0 Å². The number of hydrogen-bond acceptors (Lipinski definition) is 2. The Morgan fingerprint density at radius 3 is 1.30 bits per heavy atom. The molecule has 0 spiro atoms. The summed E-state index contributed by atoms with van der Waals surface area (Å²) in [6.45, 7) is 0. The van der Waals surface area contributed by atoms with Gasteiger partial charge in [0, 0.05) is 32.7 Å². The van der Waals surface area contributed by atoms with Gasteiger partial charge >= 0.3 is 0 Å². The first-order valence-corrected chi connectivity index (χ1v) is 18.5. The van der Waals surface area contributed by atoms with E-state index in [-0.39, 0.29) is 0 Å². The van der Waals surface area contributed by atoms with Gasteiger partial charge in [-0.05, 0) is 102 Å². The third-order valence-corrected chi connectivity index (χ3v) is 11.4. The molecule has 2 nitrogen and oxygen atoms in total. The lowest BCUT2D eigenvalue weighted by Crippen LogP contribution is -1.92. The van der Waals surface area contributed by atoms with Gasteiger partial charge in [-0.1, -0.05) is 146 Å². The summed E-state index contributed by atoms with van der Waals surface area (Å²) in [5.41, 5.74) is 12.6. The van der Waals surface area contributed by atoms with Crippen molar-refractivity contribution in [1.29, 1.82) is 0 Å². The lowest BCUT2D eigenvalue weighted by atomic mass is 9.84. The van der Waals surface area contributed by atoms with Crippen molar-refractivity contribution in [3.63, 3.8) is 0 Å². The molecule has 0 aliphatic rings. The highest BCUT2D eigenvalue weighted by Crippen LogP contribution is 2.47.